The maximum Gasteiger partial charge on any atom is 0.292 e. The van der Waals surface area contributed by atoms with Crippen LogP contribution in [0.3, 0.4) is 0 Å². The molecule has 0 spiro atoms. The fraction of sp³-hybridized carbons (Fsp3) is 0.0417. The number of carbonyl (C=O) groups excluding carboxylic acids is 1. The van der Waals surface area contributed by atoms with E-state index in [2.05, 4.69) is 32.3 Å². The number of furan rings is 1. The Balaban J connectivity index is 1.79. The molecule has 0 fully saturated rings. The average molecular weight is 506 g/mol. The maximum atomic E-state index is 12.6. The predicted molar refractivity (Wildman–Crippen MR) is 128 cm³/mol. The molecule has 4 aromatic rings. The Kier molecular flexibility index (Phi) is 6.50. The molecule has 8 heteroatoms. The number of rotatable bonds is 6. The molecule has 6 nitrogen and oxygen atoms in total. The Morgan fingerprint density at radius 2 is 2.03 bits per heavy atom. The van der Waals surface area contributed by atoms with Crippen LogP contribution in [0.4, 0.5) is 5.00 Å². The quantitative estimate of drug-likeness (QED) is 0.302. The van der Waals surface area contributed by atoms with Gasteiger partial charge in [0.15, 0.2) is 5.76 Å². The van der Waals surface area contributed by atoms with Gasteiger partial charge in [0.2, 0.25) is 0 Å². The molecule has 0 atom stereocenters. The molecule has 0 aliphatic heterocycles. The van der Waals surface area contributed by atoms with E-state index in [4.69, 9.17) is 9.15 Å². The van der Waals surface area contributed by atoms with E-state index in [-0.39, 0.29) is 5.76 Å². The van der Waals surface area contributed by atoms with Crippen molar-refractivity contribution in [2.24, 2.45) is 0 Å². The molecule has 4 rings (SSSR count). The van der Waals surface area contributed by atoms with Crippen LogP contribution in [0, 0.1) is 11.3 Å². The van der Waals surface area contributed by atoms with E-state index >= 15 is 0 Å². The normalized spacial score (nSPS) is 11.1. The number of ether oxygens (including phenoxy) is 1. The van der Waals surface area contributed by atoms with Gasteiger partial charge >= 0.3 is 0 Å². The van der Waals surface area contributed by atoms with Gasteiger partial charge in [-0.25, -0.2) is 4.98 Å². The molecule has 1 N–H and O–H groups in total. The van der Waals surface area contributed by atoms with Crippen molar-refractivity contribution >= 4 is 49.8 Å². The van der Waals surface area contributed by atoms with E-state index in [9.17, 15) is 10.1 Å². The second-order valence-electron chi connectivity index (χ2n) is 6.55. The molecule has 2 aromatic heterocycles. The van der Waals surface area contributed by atoms with Crippen molar-refractivity contribution < 1.29 is 13.9 Å². The van der Waals surface area contributed by atoms with Crippen LogP contribution < -0.4 is 10.1 Å². The lowest BCUT2D eigenvalue weighted by atomic mass is 10.1. The van der Waals surface area contributed by atoms with Gasteiger partial charge in [-0.15, -0.1) is 0 Å². The maximum absolute atomic E-state index is 12.6. The van der Waals surface area contributed by atoms with Gasteiger partial charge in [-0.3, -0.25) is 4.79 Å². The van der Waals surface area contributed by atoms with E-state index in [0.717, 1.165) is 15.6 Å². The topological polar surface area (TPSA) is 88.1 Å². The monoisotopic (exact) mass is 505 g/mol. The molecule has 1 amide bonds. The van der Waals surface area contributed by atoms with Crippen LogP contribution in [0.15, 0.2) is 75.8 Å². The van der Waals surface area contributed by atoms with Crippen molar-refractivity contribution in [1.82, 2.24) is 4.98 Å². The smallest absolute Gasteiger partial charge is 0.292 e. The highest BCUT2D eigenvalue weighted by Crippen LogP contribution is 2.37. The fourth-order valence-electron chi connectivity index (χ4n) is 3.00. The van der Waals surface area contributed by atoms with Crippen LogP contribution in [0.5, 0.6) is 5.75 Å². The second-order valence-corrected chi connectivity index (χ2v) is 8.47. The Labute approximate surface area is 196 Å². The Hall–Kier alpha value is -3.67. The standard InChI is InChI=1S/C24H16BrN3O3S/c1-30-19-10-9-18(25)13-16(19)12-17(14-26)23-27-21(15-6-3-2-4-7-15)24(32-23)28-22(29)20-8-5-11-31-20/h2-13H,1H3,(H,28,29). The number of benzene rings is 2. The van der Waals surface area contributed by atoms with E-state index in [1.165, 1.54) is 17.6 Å². The minimum atomic E-state index is -0.390. The summed E-state index contributed by atoms with van der Waals surface area (Å²) in [5.41, 5.74) is 2.48. The third-order valence-electron chi connectivity index (χ3n) is 4.49. The number of nitrogens with zero attached hydrogens (tertiary/aromatic N) is 2. The van der Waals surface area contributed by atoms with Crippen molar-refractivity contribution in [1.29, 1.82) is 5.26 Å². The molecule has 32 heavy (non-hydrogen) atoms. The van der Waals surface area contributed by atoms with Crippen LogP contribution in [0.1, 0.15) is 21.1 Å². The summed E-state index contributed by atoms with van der Waals surface area (Å²) < 4.78 is 11.5. The molecular weight excluding hydrogens is 490 g/mol. The van der Waals surface area contributed by atoms with Gasteiger partial charge in [-0.05, 0) is 36.4 Å². The number of nitriles is 1. The predicted octanol–water partition coefficient (Wildman–Crippen LogP) is 6.49. The first-order valence-corrected chi connectivity index (χ1v) is 11.1. The number of hydrogen-bond donors (Lipinski definition) is 1. The summed E-state index contributed by atoms with van der Waals surface area (Å²) in [4.78, 5) is 17.3. The van der Waals surface area contributed by atoms with Crippen LogP contribution in [0.25, 0.3) is 22.9 Å². The molecule has 2 aromatic carbocycles. The third kappa shape index (κ3) is 4.64. The zero-order valence-electron chi connectivity index (χ0n) is 16.8. The Morgan fingerprint density at radius 1 is 1.22 bits per heavy atom. The first kappa shape index (κ1) is 21.6. The summed E-state index contributed by atoms with van der Waals surface area (Å²) in [6, 6.07) is 20.5. The number of halogens is 1. The molecule has 0 bridgehead atoms. The highest BCUT2D eigenvalue weighted by atomic mass is 79.9. The lowest BCUT2D eigenvalue weighted by molar-refractivity contribution is 0.0997. The number of carbonyl (C=O) groups is 1. The highest BCUT2D eigenvalue weighted by Gasteiger charge is 2.20. The number of thiazole rings is 1. The molecule has 0 saturated carbocycles. The zero-order chi connectivity index (χ0) is 22.5. The highest BCUT2D eigenvalue weighted by molar-refractivity contribution is 9.10. The Bertz CT molecular complexity index is 1320. The number of allylic oxidation sites excluding steroid dienone is 1. The van der Waals surface area contributed by atoms with Gasteiger partial charge in [0, 0.05) is 15.6 Å². The van der Waals surface area contributed by atoms with Gasteiger partial charge in [-0.1, -0.05) is 57.6 Å². The molecule has 2 heterocycles. The number of aromatic nitrogens is 1. The molecule has 158 valence electrons. The minimum Gasteiger partial charge on any atom is -0.496 e. The van der Waals surface area contributed by atoms with Crippen molar-refractivity contribution in [3.63, 3.8) is 0 Å². The SMILES string of the molecule is COc1ccc(Br)cc1C=C(C#N)c1nc(-c2ccccc2)c(NC(=O)c2ccco2)s1. The van der Waals surface area contributed by atoms with Crippen molar-refractivity contribution in [3.05, 3.63) is 87.7 Å². The van der Waals surface area contributed by atoms with E-state index in [0.29, 0.717) is 27.0 Å². The minimum absolute atomic E-state index is 0.189. The lowest BCUT2D eigenvalue weighted by Gasteiger charge is -2.05. The molecule has 0 saturated heterocycles. The molecular formula is C24H16BrN3O3S. The van der Waals surface area contributed by atoms with Crippen molar-refractivity contribution in [2.75, 3.05) is 12.4 Å². The van der Waals surface area contributed by atoms with E-state index < -0.39 is 5.91 Å². The van der Waals surface area contributed by atoms with Crippen molar-refractivity contribution in [2.45, 2.75) is 0 Å². The summed E-state index contributed by atoms with van der Waals surface area (Å²) >= 11 is 4.67. The van der Waals surface area contributed by atoms with Gasteiger partial charge < -0.3 is 14.5 Å². The summed E-state index contributed by atoms with van der Waals surface area (Å²) in [5, 5.41) is 13.7. The number of amides is 1. The fourth-order valence-corrected chi connectivity index (χ4v) is 4.33. The van der Waals surface area contributed by atoms with Crippen LogP contribution >= 0.6 is 27.3 Å². The van der Waals surface area contributed by atoms with Gasteiger partial charge in [-0.2, -0.15) is 5.26 Å². The summed E-state index contributed by atoms with van der Waals surface area (Å²) in [7, 11) is 1.58. The first-order valence-electron chi connectivity index (χ1n) is 9.46. The summed E-state index contributed by atoms with van der Waals surface area (Å²) in [6.45, 7) is 0. The number of hydrogen-bond acceptors (Lipinski definition) is 6. The summed E-state index contributed by atoms with van der Waals surface area (Å²) in [6.07, 6.45) is 3.16. The van der Waals surface area contributed by atoms with E-state index in [1.807, 2.05) is 48.5 Å². The second kappa shape index (κ2) is 9.64. The number of methoxy groups -OCH3 is 1. The Morgan fingerprint density at radius 3 is 2.72 bits per heavy atom. The van der Waals surface area contributed by atoms with Gasteiger partial charge in [0.05, 0.1) is 18.9 Å². The van der Waals surface area contributed by atoms with Gasteiger partial charge in [0.1, 0.15) is 27.5 Å². The average Bonchev–Trinajstić information content (AvgIpc) is 3.49. The lowest BCUT2D eigenvalue weighted by Crippen LogP contribution is -2.10. The number of nitrogens with one attached hydrogen (secondary N) is 1. The van der Waals surface area contributed by atoms with Crippen molar-refractivity contribution in [3.8, 4) is 23.1 Å². The molecule has 0 aliphatic carbocycles. The largest absolute Gasteiger partial charge is 0.496 e. The zero-order valence-corrected chi connectivity index (χ0v) is 19.2. The van der Waals surface area contributed by atoms with Gasteiger partial charge in [0.25, 0.3) is 5.91 Å². The molecule has 0 radical (unpaired) electrons. The van der Waals surface area contributed by atoms with Crippen LogP contribution in [-0.2, 0) is 0 Å². The number of anilines is 1. The van der Waals surface area contributed by atoms with Crippen LogP contribution in [0.2, 0.25) is 0 Å². The summed E-state index contributed by atoms with van der Waals surface area (Å²) in [5.74, 6) is 0.430. The third-order valence-corrected chi connectivity index (χ3v) is 5.99. The first-order chi connectivity index (χ1) is 15.6. The molecule has 0 aliphatic rings. The molecule has 0 unspecified atom stereocenters. The van der Waals surface area contributed by atoms with E-state index in [1.54, 1.807) is 25.3 Å². The van der Waals surface area contributed by atoms with Crippen LogP contribution in [-0.4, -0.2) is 18.0 Å².